The normalized spacial score (nSPS) is 9.00. The molecule has 0 heterocycles. The van der Waals surface area contributed by atoms with Gasteiger partial charge in [0.2, 0.25) is 0 Å². The molecule has 0 amide bonds. The number of hydrogen-bond donors (Lipinski definition) is 0. The topological polar surface area (TPSA) is 43.4 Å². The molecule has 5 heteroatoms. The van der Waals surface area contributed by atoms with Crippen LogP contribution in [0, 0.1) is 0 Å². The standard InChI is InChI=1S/C11H11BBrO3.C2H6/c1-6(14)7-4-9(12-2)8(5-10(7)13)11(15)16-3;1-2/h4-5H,1-3H3;1-2H3. The highest BCUT2D eigenvalue weighted by molar-refractivity contribution is 9.10. The van der Waals surface area contributed by atoms with E-state index in [4.69, 9.17) is 0 Å². The highest BCUT2D eigenvalue weighted by Gasteiger charge is 2.15. The van der Waals surface area contributed by atoms with Crippen LogP contribution < -0.4 is 5.46 Å². The summed E-state index contributed by atoms with van der Waals surface area (Å²) in [7, 11) is 3.10. The van der Waals surface area contributed by atoms with E-state index in [1.807, 2.05) is 13.8 Å². The SMILES string of the molecule is CC.C[B]c1cc(C(C)=O)c(Br)cc1C(=O)OC. The summed E-state index contributed by atoms with van der Waals surface area (Å²) in [6.45, 7) is 7.29. The number of benzene rings is 1. The maximum Gasteiger partial charge on any atom is 0.337 e. The van der Waals surface area contributed by atoms with E-state index in [9.17, 15) is 9.59 Å². The molecule has 0 unspecified atom stereocenters. The first-order chi connectivity index (χ1) is 8.51. The summed E-state index contributed by atoms with van der Waals surface area (Å²) < 4.78 is 5.27. The Morgan fingerprint density at radius 2 is 1.78 bits per heavy atom. The number of carbonyl (C=O) groups is 2. The summed E-state index contributed by atoms with van der Waals surface area (Å²) in [6, 6.07) is 3.29. The van der Waals surface area contributed by atoms with Crippen molar-refractivity contribution in [3.63, 3.8) is 0 Å². The van der Waals surface area contributed by atoms with Crippen LogP contribution in [0.15, 0.2) is 16.6 Å². The van der Waals surface area contributed by atoms with Gasteiger partial charge in [0.15, 0.2) is 5.78 Å². The molecule has 0 spiro atoms. The molecule has 0 aliphatic carbocycles. The molecule has 0 aliphatic heterocycles. The minimum atomic E-state index is -0.413. The second-order valence-electron chi connectivity index (χ2n) is 3.26. The van der Waals surface area contributed by atoms with Gasteiger partial charge in [-0.3, -0.25) is 4.79 Å². The minimum Gasteiger partial charge on any atom is -0.465 e. The van der Waals surface area contributed by atoms with E-state index in [1.165, 1.54) is 14.0 Å². The minimum absolute atomic E-state index is 0.0496. The van der Waals surface area contributed by atoms with E-state index in [2.05, 4.69) is 20.7 Å². The van der Waals surface area contributed by atoms with Crippen LogP contribution >= 0.6 is 15.9 Å². The molecule has 0 fully saturated rings. The van der Waals surface area contributed by atoms with E-state index >= 15 is 0 Å². The molecular formula is C13H17BBrO3. The van der Waals surface area contributed by atoms with Crippen LogP contribution in [0.25, 0.3) is 0 Å². The molecule has 0 saturated carbocycles. The molecule has 0 saturated heterocycles. The maximum atomic E-state index is 11.5. The second-order valence-corrected chi connectivity index (χ2v) is 4.11. The summed E-state index contributed by atoms with van der Waals surface area (Å²) in [5, 5.41) is 0. The fourth-order valence-electron chi connectivity index (χ4n) is 1.39. The third kappa shape index (κ3) is 3.98. The summed E-state index contributed by atoms with van der Waals surface area (Å²) >= 11 is 3.27. The molecule has 0 N–H and O–H groups in total. The van der Waals surface area contributed by atoms with E-state index in [0.717, 1.165) is 0 Å². The summed E-state index contributed by atoms with van der Waals surface area (Å²) in [5.74, 6) is -0.463. The van der Waals surface area contributed by atoms with E-state index in [0.29, 0.717) is 21.1 Å². The average molecular weight is 312 g/mol. The molecule has 18 heavy (non-hydrogen) atoms. The number of carbonyl (C=O) groups excluding carboxylic acids is 2. The Bertz CT molecular complexity index is 444. The Labute approximate surface area is 117 Å². The quantitative estimate of drug-likeness (QED) is 0.490. The van der Waals surface area contributed by atoms with Gasteiger partial charge in [-0.1, -0.05) is 48.1 Å². The molecule has 1 aromatic carbocycles. The van der Waals surface area contributed by atoms with Gasteiger partial charge in [0.1, 0.15) is 7.28 Å². The van der Waals surface area contributed by atoms with Crippen molar-refractivity contribution in [3.8, 4) is 0 Å². The van der Waals surface area contributed by atoms with Gasteiger partial charge >= 0.3 is 5.97 Å². The van der Waals surface area contributed by atoms with Crippen molar-refractivity contribution in [2.24, 2.45) is 0 Å². The van der Waals surface area contributed by atoms with Crippen molar-refractivity contribution in [3.05, 3.63) is 27.7 Å². The second kappa shape index (κ2) is 8.09. The Kier molecular flexibility index (Phi) is 7.59. The summed E-state index contributed by atoms with van der Waals surface area (Å²) in [6.07, 6.45) is 0. The number of esters is 1. The fourth-order valence-corrected chi connectivity index (χ4v) is 2.01. The molecule has 0 bridgehead atoms. The smallest absolute Gasteiger partial charge is 0.337 e. The van der Waals surface area contributed by atoms with E-state index < -0.39 is 5.97 Å². The lowest BCUT2D eigenvalue weighted by Crippen LogP contribution is -2.23. The zero-order chi connectivity index (χ0) is 14.3. The predicted octanol–water partition coefficient (Wildman–Crippen LogP) is 2.84. The molecule has 1 rings (SSSR count). The Morgan fingerprint density at radius 3 is 2.17 bits per heavy atom. The molecule has 3 nitrogen and oxygen atoms in total. The number of halogens is 1. The van der Waals surface area contributed by atoms with Gasteiger partial charge in [-0.2, -0.15) is 0 Å². The third-order valence-electron chi connectivity index (χ3n) is 2.23. The van der Waals surface area contributed by atoms with Crippen LogP contribution in [0.5, 0.6) is 0 Å². The molecule has 0 aliphatic rings. The van der Waals surface area contributed by atoms with Gasteiger partial charge in [-0.05, 0) is 13.0 Å². The number of ether oxygens (including phenoxy) is 1. The molecule has 1 radical (unpaired) electrons. The summed E-state index contributed by atoms with van der Waals surface area (Å²) in [4.78, 5) is 22.8. The van der Waals surface area contributed by atoms with Crippen LogP contribution in [0.4, 0.5) is 0 Å². The van der Waals surface area contributed by atoms with Crippen LogP contribution in [-0.4, -0.2) is 26.1 Å². The molecule has 97 valence electrons. The molecular weight excluding hydrogens is 295 g/mol. The zero-order valence-electron chi connectivity index (χ0n) is 11.3. The first kappa shape index (κ1) is 16.9. The van der Waals surface area contributed by atoms with Crippen LogP contribution in [-0.2, 0) is 4.74 Å². The van der Waals surface area contributed by atoms with Crippen molar-refractivity contribution in [2.75, 3.05) is 7.11 Å². The van der Waals surface area contributed by atoms with Gasteiger partial charge in [0.05, 0.1) is 12.7 Å². The van der Waals surface area contributed by atoms with Crippen molar-refractivity contribution in [2.45, 2.75) is 27.6 Å². The average Bonchev–Trinajstić information content (AvgIpc) is 2.39. The van der Waals surface area contributed by atoms with Crippen molar-refractivity contribution in [1.82, 2.24) is 0 Å². The highest BCUT2D eigenvalue weighted by atomic mass is 79.9. The van der Waals surface area contributed by atoms with Gasteiger partial charge in [-0.25, -0.2) is 4.79 Å². The van der Waals surface area contributed by atoms with E-state index in [1.54, 1.807) is 26.2 Å². The largest absolute Gasteiger partial charge is 0.465 e. The third-order valence-corrected chi connectivity index (χ3v) is 2.89. The maximum absolute atomic E-state index is 11.5. The Balaban J connectivity index is 0.00000137. The van der Waals surface area contributed by atoms with Gasteiger partial charge in [0, 0.05) is 10.0 Å². The van der Waals surface area contributed by atoms with Crippen LogP contribution in [0.3, 0.4) is 0 Å². The number of hydrogen-bond acceptors (Lipinski definition) is 3. The Hall–Kier alpha value is -1.10. The number of Topliss-reactive ketones (excluding diaryl/α,β-unsaturated/α-hetero) is 1. The molecule has 0 aromatic heterocycles. The lowest BCUT2D eigenvalue weighted by Gasteiger charge is -2.09. The van der Waals surface area contributed by atoms with Crippen molar-refractivity contribution < 1.29 is 14.3 Å². The first-order valence-corrected chi connectivity index (χ1v) is 6.52. The van der Waals surface area contributed by atoms with Gasteiger partial charge < -0.3 is 4.74 Å². The lowest BCUT2D eigenvalue weighted by molar-refractivity contribution is 0.0602. The number of rotatable bonds is 3. The van der Waals surface area contributed by atoms with Gasteiger partial charge in [0.25, 0.3) is 0 Å². The molecule has 1 aromatic rings. The predicted molar refractivity (Wildman–Crippen MR) is 78.1 cm³/mol. The number of methoxy groups -OCH3 is 1. The van der Waals surface area contributed by atoms with E-state index in [-0.39, 0.29) is 5.78 Å². The monoisotopic (exact) mass is 311 g/mol. The van der Waals surface area contributed by atoms with Crippen LogP contribution in [0.1, 0.15) is 41.5 Å². The zero-order valence-corrected chi connectivity index (χ0v) is 12.9. The van der Waals surface area contributed by atoms with Crippen LogP contribution in [0.2, 0.25) is 6.82 Å². The Morgan fingerprint density at radius 1 is 1.22 bits per heavy atom. The fraction of sp³-hybridized carbons (Fsp3) is 0.385. The molecule has 0 atom stereocenters. The summed E-state index contributed by atoms with van der Waals surface area (Å²) in [5.41, 5.74) is 1.70. The highest BCUT2D eigenvalue weighted by Crippen LogP contribution is 2.18. The number of ketones is 1. The first-order valence-electron chi connectivity index (χ1n) is 5.73. The van der Waals surface area contributed by atoms with Gasteiger partial charge in [-0.15, -0.1) is 0 Å². The van der Waals surface area contributed by atoms with Crippen molar-refractivity contribution >= 4 is 40.4 Å². The lowest BCUT2D eigenvalue weighted by atomic mass is 9.70. The van der Waals surface area contributed by atoms with Crippen molar-refractivity contribution in [1.29, 1.82) is 0 Å².